The maximum atomic E-state index is 5.37. The molecule has 0 amide bonds. The van der Waals surface area contributed by atoms with Crippen LogP contribution in [0.1, 0.15) is 25.2 Å². The first-order valence-corrected chi connectivity index (χ1v) is 10.3. The summed E-state index contributed by atoms with van der Waals surface area (Å²) in [6.07, 6.45) is 8.03. The van der Waals surface area contributed by atoms with Gasteiger partial charge in [-0.2, -0.15) is 4.98 Å². The van der Waals surface area contributed by atoms with E-state index in [0.29, 0.717) is 11.7 Å². The Balaban J connectivity index is 0.00000341. The zero-order chi connectivity index (χ0) is 21.0. The molecule has 0 aliphatic heterocycles. The van der Waals surface area contributed by atoms with Gasteiger partial charge in [-0.15, -0.1) is 24.0 Å². The summed E-state index contributed by atoms with van der Waals surface area (Å²) in [6.45, 7) is 2.63. The summed E-state index contributed by atoms with van der Waals surface area (Å²) in [5, 5.41) is 10.8. The fraction of sp³-hybridized carbons (Fsp3) is 0.409. The summed E-state index contributed by atoms with van der Waals surface area (Å²) < 4.78 is 12.7. The summed E-state index contributed by atoms with van der Waals surface area (Å²) in [4.78, 5) is 8.74. The molecule has 0 radical (unpaired) electrons. The van der Waals surface area contributed by atoms with Gasteiger partial charge in [0.2, 0.25) is 11.7 Å². The lowest BCUT2D eigenvalue weighted by Crippen LogP contribution is -2.39. The standard InChI is InChI=1S/C22H30N6O2.HI/c1-23-22(25-14-17-28-15-6-7-16-28)24-13-5-3-4-8-20-26-21(27-30-20)18-9-11-19(29-2)12-10-18;/h6-7,9-12,15-16H,3-5,8,13-14,17H2,1-2H3,(H2,23,24,25);1H. The second-order valence-corrected chi connectivity index (χ2v) is 6.90. The lowest BCUT2D eigenvalue weighted by molar-refractivity contribution is 0.374. The van der Waals surface area contributed by atoms with Crippen molar-refractivity contribution in [1.82, 2.24) is 25.3 Å². The number of halogens is 1. The topological polar surface area (TPSA) is 89.5 Å². The highest BCUT2D eigenvalue weighted by Gasteiger charge is 2.08. The van der Waals surface area contributed by atoms with Crippen molar-refractivity contribution in [3.63, 3.8) is 0 Å². The van der Waals surface area contributed by atoms with Crippen molar-refractivity contribution < 1.29 is 9.26 Å². The average Bonchev–Trinajstić information content (AvgIpc) is 3.47. The van der Waals surface area contributed by atoms with Crippen LogP contribution in [0.4, 0.5) is 0 Å². The number of benzene rings is 1. The number of aliphatic imine (C=N–C) groups is 1. The normalized spacial score (nSPS) is 11.1. The van der Waals surface area contributed by atoms with Gasteiger partial charge in [-0.1, -0.05) is 11.6 Å². The summed E-state index contributed by atoms with van der Waals surface area (Å²) in [7, 11) is 3.44. The van der Waals surface area contributed by atoms with E-state index in [1.54, 1.807) is 14.2 Å². The Labute approximate surface area is 200 Å². The highest BCUT2D eigenvalue weighted by molar-refractivity contribution is 14.0. The first kappa shape index (κ1) is 24.7. The van der Waals surface area contributed by atoms with Crippen LogP contribution in [0.25, 0.3) is 11.4 Å². The molecule has 0 aliphatic carbocycles. The molecule has 31 heavy (non-hydrogen) atoms. The summed E-state index contributed by atoms with van der Waals surface area (Å²) >= 11 is 0. The summed E-state index contributed by atoms with van der Waals surface area (Å²) in [5.74, 6) is 2.94. The minimum absolute atomic E-state index is 0. The van der Waals surface area contributed by atoms with Gasteiger partial charge in [0, 0.05) is 51.1 Å². The molecule has 3 aromatic rings. The Hall–Kier alpha value is -2.56. The van der Waals surface area contributed by atoms with Crippen LogP contribution in [0, 0.1) is 0 Å². The Bertz CT molecular complexity index is 893. The number of aryl methyl sites for hydroxylation is 1. The van der Waals surface area contributed by atoms with Crippen LogP contribution < -0.4 is 15.4 Å². The lowest BCUT2D eigenvalue weighted by atomic mass is 10.2. The molecule has 0 fully saturated rings. The van der Waals surface area contributed by atoms with Gasteiger partial charge < -0.3 is 24.5 Å². The second kappa shape index (κ2) is 13.7. The third-order valence-corrected chi connectivity index (χ3v) is 4.73. The SMILES string of the molecule is CN=C(NCCCCCc1nc(-c2ccc(OC)cc2)no1)NCCn1cccc1.I. The number of ether oxygens (including phenoxy) is 1. The molecule has 2 N–H and O–H groups in total. The van der Waals surface area contributed by atoms with Crippen molar-refractivity contribution in [2.24, 2.45) is 4.99 Å². The Morgan fingerprint density at radius 3 is 2.52 bits per heavy atom. The van der Waals surface area contributed by atoms with Gasteiger partial charge in [0.25, 0.3) is 0 Å². The molecule has 2 aromatic heterocycles. The Morgan fingerprint density at radius 1 is 1.06 bits per heavy atom. The van der Waals surface area contributed by atoms with E-state index in [2.05, 4.69) is 42.7 Å². The summed E-state index contributed by atoms with van der Waals surface area (Å²) in [6, 6.07) is 11.7. The molecule has 1 aromatic carbocycles. The van der Waals surface area contributed by atoms with Crippen LogP contribution in [-0.2, 0) is 13.0 Å². The molecule has 0 aliphatic rings. The molecule has 3 rings (SSSR count). The third-order valence-electron chi connectivity index (χ3n) is 4.73. The van der Waals surface area contributed by atoms with E-state index < -0.39 is 0 Å². The number of rotatable bonds is 11. The van der Waals surface area contributed by atoms with Gasteiger partial charge in [0.05, 0.1) is 7.11 Å². The van der Waals surface area contributed by atoms with Crippen molar-refractivity contribution in [3.05, 3.63) is 54.7 Å². The molecule has 0 spiro atoms. The Kier molecular flexibility index (Phi) is 10.9. The zero-order valence-corrected chi connectivity index (χ0v) is 20.4. The number of unbranched alkanes of at least 4 members (excludes halogenated alkanes) is 2. The largest absolute Gasteiger partial charge is 0.497 e. The monoisotopic (exact) mass is 538 g/mol. The van der Waals surface area contributed by atoms with E-state index in [0.717, 1.165) is 62.6 Å². The number of hydrogen-bond donors (Lipinski definition) is 2. The molecule has 0 saturated heterocycles. The smallest absolute Gasteiger partial charge is 0.226 e. The number of nitrogens with zero attached hydrogens (tertiary/aromatic N) is 4. The van der Waals surface area contributed by atoms with E-state index in [4.69, 9.17) is 9.26 Å². The predicted molar refractivity (Wildman–Crippen MR) is 133 cm³/mol. The van der Waals surface area contributed by atoms with Gasteiger partial charge in [0.15, 0.2) is 5.96 Å². The number of methoxy groups -OCH3 is 1. The quantitative estimate of drug-likeness (QED) is 0.167. The lowest BCUT2D eigenvalue weighted by Gasteiger charge is -2.12. The average molecular weight is 538 g/mol. The van der Waals surface area contributed by atoms with Crippen LogP contribution in [0.5, 0.6) is 5.75 Å². The molecule has 8 nitrogen and oxygen atoms in total. The maximum absolute atomic E-state index is 5.37. The van der Waals surface area contributed by atoms with Crippen molar-refractivity contribution in [2.75, 3.05) is 27.2 Å². The minimum Gasteiger partial charge on any atom is -0.497 e. The van der Waals surface area contributed by atoms with Crippen molar-refractivity contribution in [1.29, 1.82) is 0 Å². The van der Waals surface area contributed by atoms with Crippen molar-refractivity contribution in [3.8, 4) is 17.1 Å². The second-order valence-electron chi connectivity index (χ2n) is 6.90. The molecule has 0 bridgehead atoms. The van der Waals surface area contributed by atoms with Gasteiger partial charge in [-0.25, -0.2) is 0 Å². The molecule has 0 saturated carbocycles. The molecular weight excluding hydrogens is 507 g/mol. The van der Waals surface area contributed by atoms with Crippen LogP contribution in [0.15, 0.2) is 58.3 Å². The first-order valence-electron chi connectivity index (χ1n) is 10.3. The zero-order valence-electron chi connectivity index (χ0n) is 18.1. The number of guanidine groups is 1. The van der Waals surface area contributed by atoms with Crippen LogP contribution in [0.2, 0.25) is 0 Å². The van der Waals surface area contributed by atoms with Crippen LogP contribution in [0.3, 0.4) is 0 Å². The molecular formula is C22H31IN6O2. The number of nitrogens with one attached hydrogen (secondary N) is 2. The minimum atomic E-state index is 0. The highest BCUT2D eigenvalue weighted by Crippen LogP contribution is 2.20. The molecule has 168 valence electrons. The molecule has 2 heterocycles. The van der Waals surface area contributed by atoms with Crippen molar-refractivity contribution in [2.45, 2.75) is 32.2 Å². The highest BCUT2D eigenvalue weighted by atomic mass is 127. The fourth-order valence-electron chi connectivity index (χ4n) is 3.04. The van der Waals surface area contributed by atoms with Gasteiger partial charge >= 0.3 is 0 Å². The fourth-order valence-corrected chi connectivity index (χ4v) is 3.04. The van der Waals surface area contributed by atoms with Gasteiger partial charge in [-0.05, 0) is 49.2 Å². The molecule has 9 heteroatoms. The van der Waals surface area contributed by atoms with Gasteiger partial charge in [0.1, 0.15) is 5.75 Å². The number of hydrogen-bond acceptors (Lipinski definition) is 5. The summed E-state index contributed by atoms with van der Waals surface area (Å²) in [5.41, 5.74) is 0.922. The van der Waals surface area contributed by atoms with E-state index in [9.17, 15) is 0 Å². The number of aromatic nitrogens is 3. The van der Waals surface area contributed by atoms with E-state index >= 15 is 0 Å². The first-order chi connectivity index (χ1) is 14.8. The third kappa shape index (κ3) is 8.23. The Morgan fingerprint density at radius 2 is 1.81 bits per heavy atom. The predicted octanol–water partition coefficient (Wildman–Crippen LogP) is 3.74. The van der Waals surface area contributed by atoms with Crippen molar-refractivity contribution >= 4 is 29.9 Å². The van der Waals surface area contributed by atoms with Gasteiger partial charge in [-0.3, -0.25) is 4.99 Å². The van der Waals surface area contributed by atoms with E-state index in [1.807, 2.05) is 36.4 Å². The van der Waals surface area contributed by atoms with Crippen LogP contribution >= 0.6 is 24.0 Å². The van der Waals surface area contributed by atoms with Crippen LogP contribution in [-0.4, -0.2) is 47.9 Å². The maximum Gasteiger partial charge on any atom is 0.226 e. The van der Waals surface area contributed by atoms with E-state index in [-0.39, 0.29) is 24.0 Å². The molecule has 0 atom stereocenters. The van der Waals surface area contributed by atoms with E-state index in [1.165, 1.54) is 0 Å². The molecule has 0 unspecified atom stereocenters.